The maximum Gasteiger partial charge on any atom is 0.267 e. The van der Waals surface area contributed by atoms with Crippen LogP contribution < -0.4 is 10.9 Å². The molecule has 25 heavy (non-hydrogen) atoms. The summed E-state index contributed by atoms with van der Waals surface area (Å²) in [5.74, 6) is -0.654. The van der Waals surface area contributed by atoms with Gasteiger partial charge in [-0.1, -0.05) is 12.1 Å². The largest absolute Gasteiger partial charge is 0.463 e. The lowest BCUT2D eigenvalue weighted by Gasteiger charge is -2.25. The Labute approximate surface area is 142 Å². The first-order valence-electron chi connectivity index (χ1n) is 7.60. The number of hydrogen-bond acceptors (Lipinski definition) is 4. The summed E-state index contributed by atoms with van der Waals surface area (Å²) in [6, 6.07) is 12.0. The maximum absolute atomic E-state index is 13.8. The van der Waals surface area contributed by atoms with Gasteiger partial charge in [-0.15, -0.1) is 0 Å². The quantitative estimate of drug-likeness (QED) is 0.791. The number of nitrogens with zero attached hydrogens (tertiary/aromatic N) is 2. The number of para-hydroxylation sites is 1. The van der Waals surface area contributed by atoms with Gasteiger partial charge in [-0.05, 0) is 44.2 Å². The average molecular weight is 341 g/mol. The Balaban J connectivity index is 1.96. The van der Waals surface area contributed by atoms with Gasteiger partial charge in [0.05, 0.1) is 12.0 Å². The fourth-order valence-electron chi connectivity index (χ4n) is 2.30. The molecule has 0 aliphatic rings. The van der Waals surface area contributed by atoms with Gasteiger partial charge in [-0.25, -0.2) is 9.07 Å². The molecule has 7 heteroatoms. The number of nitrogens with one attached hydrogen (secondary N) is 1. The molecular formula is C18H16FN3O3. The number of rotatable bonds is 4. The molecule has 2 aromatic heterocycles. The fraction of sp³-hybridized carbons (Fsp3) is 0.167. The Morgan fingerprint density at radius 1 is 1.16 bits per heavy atom. The second kappa shape index (κ2) is 6.35. The van der Waals surface area contributed by atoms with Crippen molar-refractivity contribution in [2.24, 2.45) is 0 Å². The minimum Gasteiger partial charge on any atom is -0.463 e. The number of anilines is 1. The molecule has 0 atom stereocenters. The predicted octanol–water partition coefficient (Wildman–Crippen LogP) is 3.02. The van der Waals surface area contributed by atoms with E-state index in [4.69, 9.17) is 4.42 Å². The van der Waals surface area contributed by atoms with Gasteiger partial charge in [0, 0.05) is 6.07 Å². The zero-order valence-electron chi connectivity index (χ0n) is 13.7. The molecule has 0 aliphatic heterocycles. The molecule has 1 amide bonds. The summed E-state index contributed by atoms with van der Waals surface area (Å²) in [5, 5.41) is 6.72. The highest BCUT2D eigenvalue weighted by Crippen LogP contribution is 2.21. The van der Waals surface area contributed by atoms with Crippen LogP contribution in [0.1, 0.15) is 13.8 Å². The van der Waals surface area contributed by atoms with Crippen LogP contribution in [-0.4, -0.2) is 15.7 Å². The van der Waals surface area contributed by atoms with Crippen LogP contribution in [0, 0.1) is 5.82 Å². The van der Waals surface area contributed by atoms with Crippen LogP contribution in [0.5, 0.6) is 0 Å². The van der Waals surface area contributed by atoms with E-state index in [1.807, 2.05) is 0 Å². The SMILES string of the molecule is CC(C)(C(=O)Nc1ccccc1F)n1nc(-c2ccco2)ccc1=O. The van der Waals surface area contributed by atoms with E-state index in [2.05, 4.69) is 10.4 Å². The number of carbonyl (C=O) groups is 1. The highest BCUT2D eigenvalue weighted by Gasteiger charge is 2.33. The first kappa shape index (κ1) is 16.6. The van der Waals surface area contributed by atoms with E-state index in [-0.39, 0.29) is 5.69 Å². The van der Waals surface area contributed by atoms with Crippen molar-refractivity contribution in [2.75, 3.05) is 5.32 Å². The van der Waals surface area contributed by atoms with Crippen LogP contribution >= 0.6 is 0 Å². The zero-order valence-corrected chi connectivity index (χ0v) is 13.7. The molecule has 2 heterocycles. The average Bonchev–Trinajstić information content (AvgIpc) is 3.11. The topological polar surface area (TPSA) is 77.1 Å². The number of furan rings is 1. The van der Waals surface area contributed by atoms with Crippen LogP contribution in [0.3, 0.4) is 0 Å². The molecule has 0 spiro atoms. The van der Waals surface area contributed by atoms with Crippen molar-refractivity contribution in [2.45, 2.75) is 19.4 Å². The van der Waals surface area contributed by atoms with Crippen LogP contribution in [0.4, 0.5) is 10.1 Å². The minimum atomic E-state index is -1.35. The summed E-state index contributed by atoms with van der Waals surface area (Å²) < 4.78 is 20.1. The fourth-order valence-corrected chi connectivity index (χ4v) is 2.30. The number of hydrogen-bond donors (Lipinski definition) is 1. The van der Waals surface area contributed by atoms with Crippen molar-refractivity contribution in [3.05, 3.63) is 71.0 Å². The minimum absolute atomic E-state index is 0.0378. The first-order valence-corrected chi connectivity index (χ1v) is 7.60. The second-order valence-corrected chi connectivity index (χ2v) is 5.94. The molecule has 0 unspecified atom stereocenters. The summed E-state index contributed by atoms with van der Waals surface area (Å²) in [4.78, 5) is 24.9. The van der Waals surface area contributed by atoms with Crippen molar-refractivity contribution in [3.63, 3.8) is 0 Å². The third-order valence-electron chi connectivity index (χ3n) is 3.78. The third-order valence-corrected chi connectivity index (χ3v) is 3.78. The molecule has 3 rings (SSSR count). The highest BCUT2D eigenvalue weighted by atomic mass is 19.1. The number of amides is 1. The van der Waals surface area contributed by atoms with Crippen molar-refractivity contribution < 1.29 is 13.6 Å². The second-order valence-electron chi connectivity index (χ2n) is 5.94. The monoisotopic (exact) mass is 341 g/mol. The molecule has 0 aliphatic carbocycles. The Morgan fingerprint density at radius 3 is 2.60 bits per heavy atom. The summed E-state index contributed by atoms with van der Waals surface area (Å²) in [5.41, 5.74) is -1.35. The summed E-state index contributed by atoms with van der Waals surface area (Å²) >= 11 is 0. The molecule has 0 radical (unpaired) electrons. The Hall–Kier alpha value is -3.22. The molecule has 1 aromatic carbocycles. The van der Waals surface area contributed by atoms with Gasteiger partial charge in [0.15, 0.2) is 5.76 Å². The Morgan fingerprint density at radius 2 is 1.92 bits per heavy atom. The summed E-state index contributed by atoms with van der Waals surface area (Å²) in [6.07, 6.45) is 1.49. The molecular weight excluding hydrogens is 325 g/mol. The van der Waals surface area contributed by atoms with Crippen LogP contribution in [0.2, 0.25) is 0 Å². The summed E-state index contributed by atoms with van der Waals surface area (Å²) in [7, 11) is 0. The van der Waals surface area contributed by atoms with Crippen molar-refractivity contribution >= 4 is 11.6 Å². The number of halogens is 1. The van der Waals surface area contributed by atoms with Gasteiger partial charge in [-0.3, -0.25) is 9.59 Å². The molecule has 3 aromatic rings. The van der Waals surface area contributed by atoms with Crippen LogP contribution in [0.25, 0.3) is 11.5 Å². The van der Waals surface area contributed by atoms with Crippen molar-refractivity contribution in [1.29, 1.82) is 0 Å². The number of benzene rings is 1. The lowest BCUT2D eigenvalue weighted by atomic mass is 10.0. The lowest BCUT2D eigenvalue weighted by molar-refractivity contribution is -0.123. The number of aromatic nitrogens is 2. The standard InChI is InChI=1S/C18H16FN3O3/c1-18(2,17(24)20-13-7-4-3-6-12(13)19)22-16(23)10-9-14(21-22)15-8-5-11-25-15/h3-11H,1-2H3,(H,20,24). The van der Waals surface area contributed by atoms with Gasteiger partial charge in [0.2, 0.25) is 0 Å². The van der Waals surface area contributed by atoms with Crippen LogP contribution in [-0.2, 0) is 10.3 Å². The zero-order chi connectivity index (χ0) is 18.0. The third kappa shape index (κ3) is 3.21. The van der Waals surface area contributed by atoms with E-state index in [1.165, 1.54) is 50.4 Å². The first-order chi connectivity index (χ1) is 11.9. The molecule has 0 fully saturated rings. The molecule has 128 valence electrons. The van der Waals surface area contributed by atoms with E-state index < -0.39 is 22.8 Å². The molecule has 1 N–H and O–H groups in total. The van der Waals surface area contributed by atoms with Crippen LogP contribution in [0.15, 0.2) is 64.0 Å². The van der Waals surface area contributed by atoms with Gasteiger partial charge in [0.25, 0.3) is 11.5 Å². The van der Waals surface area contributed by atoms with E-state index in [1.54, 1.807) is 18.2 Å². The molecule has 0 saturated heterocycles. The van der Waals surface area contributed by atoms with E-state index in [0.29, 0.717) is 11.5 Å². The summed E-state index contributed by atoms with van der Waals surface area (Å²) in [6.45, 7) is 3.06. The van der Waals surface area contributed by atoms with Crippen molar-refractivity contribution in [1.82, 2.24) is 9.78 Å². The maximum atomic E-state index is 13.8. The van der Waals surface area contributed by atoms with Crippen molar-refractivity contribution in [3.8, 4) is 11.5 Å². The smallest absolute Gasteiger partial charge is 0.267 e. The molecule has 6 nitrogen and oxygen atoms in total. The van der Waals surface area contributed by atoms with Gasteiger partial charge in [0.1, 0.15) is 17.1 Å². The van der Waals surface area contributed by atoms with Gasteiger partial charge >= 0.3 is 0 Å². The van der Waals surface area contributed by atoms with Gasteiger partial charge < -0.3 is 9.73 Å². The molecule has 0 bridgehead atoms. The predicted molar refractivity (Wildman–Crippen MR) is 90.6 cm³/mol. The lowest BCUT2D eigenvalue weighted by Crippen LogP contribution is -2.47. The Bertz CT molecular complexity index is 962. The van der Waals surface area contributed by atoms with E-state index in [9.17, 15) is 14.0 Å². The van der Waals surface area contributed by atoms with E-state index >= 15 is 0 Å². The number of carbonyl (C=O) groups excluding carboxylic acids is 1. The normalized spacial score (nSPS) is 11.3. The Kier molecular flexibility index (Phi) is 4.22. The van der Waals surface area contributed by atoms with Gasteiger partial charge in [-0.2, -0.15) is 5.10 Å². The highest BCUT2D eigenvalue weighted by molar-refractivity contribution is 5.96. The molecule has 0 saturated carbocycles. The van der Waals surface area contributed by atoms with E-state index in [0.717, 1.165) is 4.68 Å².